The second kappa shape index (κ2) is 8.00. The quantitative estimate of drug-likeness (QED) is 0.754. The molecule has 0 spiro atoms. The Morgan fingerprint density at radius 1 is 1.41 bits per heavy atom. The van der Waals surface area contributed by atoms with Crippen molar-refractivity contribution in [3.05, 3.63) is 24.3 Å². The van der Waals surface area contributed by atoms with E-state index in [4.69, 9.17) is 10.5 Å². The second-order valence-corrected chi connectivity index (χ2v) is 6.80. The smallest absolute Gasteiger partial charge is 0.238 e. The first kappa shape index (κ1) is 16.6. The lowest BCUT2D eigenvalue weighted by Crippen LogP contribution is -2.24. The van der Waals surface area contributed by atoms with Gasteiger partial charge in [0.2, 0.25) is 11.0 Å². The van der Waals surface area contributed by atoms with Crippen LogP contribution >= 0.6 is 23.1 Å². The zero-order valence-electron chi connectivity index (χ0n) is 12.4. The van der Waals surface area contributed by atoms with Gasteiger partial charge in [-0.15, -0.1) is 10.2 Å². The molecule has 0 radical (unpaired) electrons. The van der Waals surface area contributed by atoms with Crippen LogP contribution in [0.4, 0.5) is 10.8 Å². The van der Waals surface area contributed by atoms with Gasteiger partial charge in [0.05, 0.1) is 17.5 Å². The summed E-state index contributed by atoms with van der Waals surface area (Å²) in [6, 6.07) is 7.39. The maximum Gasteiger partial charge on any atom is 0.238 e. The molecule has 0 saturated heterocycles. The van der Waals surface area contributed by atoms with E-state index < -0.39 is 0 Å². The van der Waals surface area contributed by atoms with E-state index in [0.29, 0.717) is 33.9 Å². The number of thioether (sulfide) groups is 1. The fourth-order valence-electron chi connectivity index (χ4n) is 1.78. The van der Waals surface area contributed by atoms with Crippen LogP contribution in [0.25, 0.3) is 0 Å². The molecule has 3 N–H and O–H groups in total. The molecule has 0 aliphatic carbocycles. The third-order valence-corrected chi connectivity index (χ3v) is 4.97. The number of anilines is 2. The summed E-state index contributed by atoms with van der Waals surface area (Å²) in [4.78, 5) is 12.4. The summed E-state index contributed by atoms with van der Waals surface area (Å²) in [6.07, 6.45) is 0.673. The minimum Gasteiger partial charge on any atom is -0.492 e. The van der Waals surface area contributed by atoms with Crippen molar-refractivity contribution in [3.8, 4) is 5.75 Å². The van der Waals surface area contributed by atoms with E-state index in [1.807, 2.05) is 38.1 Å². The van der Waals surface area contributed by atoms with E-state index in [1.165, 1.54) is 23.1 Å². The van der Waals surface area contributed by atoms with E-state index in [2.05, 4.69) is 15.5 Å². The number of nitrogens with one attached hydrogen (secondary N) is 1. The molecule has 1 atom stereocenters. The van der Waals surface area contributed by atoms with E-state index >= 15 is 0 Å². The van der Waals surface area contributed by atoms with Crippen LogP contribution < -0.4 is 15.8 Å². The van der Waals surface area contributed by atoms with Crippen molar-refractivity contribution in [3.63, 3.8) is 0 Å². The maximum atomic E-state index is 12.4. The van der Waals surface area contributed by atoms with Gasteiger partial charge in [-0.2, -0.15) is 0 Å². The molecule has 1 aromatic carbocycles. The summed E-state index contributed by atoms with van der Waals surface area (Å²) in [5, 5.41) is 10.8. The van der Waals surface area contributed by atoms with Gasteiger partial charge in [-0.3, -0.25) is 4.79 Å². The summed E-state index contributed by atoms with van der Waals surface area (Å²) in [5.74, 6) is 0.576. The second-order valence-electron chi connectivity index (χ2n) is 4.34. The summed E-state index contributed by atoms with van der Waals surface area (Å²) in [7, 11) is 0. The van der Waals surface area contributed by atoms with Crippen LogP contribution in [0.2, 0.25) is 0 Å². The molecule has 8 heteroatoms. The number of hydrogen-bond acceptors (Lipinski definition) is 7. The highest BCUT2D eigenvalue weighted by Gasteiger charge is 2.21. The van der Waals surface area contributed by atoms with E-state index in [0.717, 1.165) is 0 Å². The van der Waals surface area contributed by atoms with Crippen molar-refractivity contribution in [2.45, 2.75) is 29.9 Å². The first-order valence-electron chi connectivity index (χ1n) is 6.92. The van der Waals surface area contributed by atoms with Crippen LogP contribution in [0.3, 0.4) is 0 Å². The number of hydrogen-bond donors (Lipinski definition) is 2. The average Bonchev–Trinajstić information content (AvgIpc) is 2.92. The number of benzene rings is 1. The topological polar surface area (TPSA) is 90.1 Å². The van der Waals surface area contributed by atoms with Crippen LogP contribution in [0.1, 0.15) is 20.3 Å². The number of ether oxygens (including phenoxy) is 1. The van der Waals surface area contributed by atoms with Crippen LogP contribution in [-0.4, -0.2) is 28.0 Å². The molecule has 0 saturated carbocycles. The molecule has 1 amide bonds. The number of nitrogens with zero attached hydrogens (tertiary/aromatic N) is 2. The molecule has 0 aliphatic heterocycles. The number of rotatable bonds is 7. The van der Waals surface area contributed by atoms with E-state index in [9.17, 15) is 4.79 Å². The lowest BCUT2D eigenvalue weighted by atomic mass is 10.2. The number of carbonyl (C=O) groups excluding carboxylic acids is 1. The molecule has 2 aromatic rings. The van der Waals surface area contributed by atoms with Crippen molar-refractivity contribution in [2.24, 2.45) is 0 Å². The predicted molar refractivity (Wildman–Crippen MR) is 90.5 cm³/mol. The van der Waals surface area contributed by atoms with Gasteiger partial charge < -0.3 is 15.8 Å². The van der Waals surface area contributed by atoms with Crippen molar-refractivity contribution in [1.29, 1.82) is 0 Å². The van der Waals surface area contributed by atoms with Gasteiger partial charge in [0, 0.05) is 0 Å². The maximum absolute atomic E-state index is 12.4. The molecule has 118 valence electrons. The molecule has 6 nitrogen and oxygen atoms in total. The zero-order valence-corrected chi connectivity index (χ0v) is 14.0. The van der Waals surface area contributed by atoms with Gasteiger partial charge in [-0.1, -0.05) is 42.2 Å². The lowest BCUT2D eigenvalue weighted by Gasteiger charge is -2.15. The Morgan fingerprint density at radius 2 is 2.18 bits per heavy atom. The van der Waals surface area contributed by atoms with Crippen LogP contribution in [0.15, 0.2) is 28.6 Å². The number of aromatic nitrogens is 2. The minimum atomic E-state index is -0.262. The number of carbonyl (C=O) groups is 1. The Labute approximate surface area is 137 Å². The molecule has 22 heavy (non-hydrogen) atoms. The number of nitrogen functional groups attached to an aromatic ring is 1. The minimum absolute atomic E-state index is 0.0894. The molecule has 2 rings (SSSR count). The monoisotopic (exact) mass is 338 g/mol. The zero-order chi connectivity index (χ0) is 15.9. The van der Waals surface area contributed by atoms with Crippen molar-refractivity contribution >= 4 is 39.8 Å². The first-order valence-corrected chi connectivity index (χ1v) is 8.62. The standard InChI is InChI=1S/C14H18N4O2S2/c1-3-11(21-14-18-17-13(15)22-14)12(19)16-9-7-5-6-8-10(9)20-4-2/h5-8,11H,3-4H2,1-2H3,(H2,15,17)(H,16,19). The third kappa shape index (κ3) is 4.35. The van der Waals surface area contributed by atoms with Gasteiger partial charge in [0.25, 0.3) is 0 Å². The normalized spacial score (nSPS) is 11.9. The Kier molecular flexibility index (Phi) is 6.02. The fraction of sp³-hybridized carbons (Fsp3) is 0.357. The molecular formula is C14H18N4O2S2. The highest BCUT2D eigenvalue weighted by atomic mass is 32.2. The largest absolute Gasteiger partial charge is 0.492 e. The van der Waals surface area contributed by atoms with Gasteiger partial charge in [-0.05, 0) is 25.5 Å². The Morgan fingerprint density at radius 3 is 2.82 bits per heavy atom. The molecule has 1 unspecified atom stereocenters. The fourth-order valence-corrected chi connectivity index (χ4v) is 3.58. The summed E-state index contributed by atoms with van der Waals surface area (Å²) >= 11 is 2.65. The van der Waals surface area contributed by atoms with E-state index in [1.54, 1.807) is 0 Å². The molecule has 0 fully saturated rings. The summed E-state index contributed by atoms with van der Waals surface area (Å²) in [6.45, 7) is 4.40. The lowest BCUT2D eigenvalue weighted by molar-refractivity contribution is -0.115. The number of nitrogens with two attached hydrogens (primary N) is 1. The van der Waals surface area contributed by atoms with Gasteiger partial charge in [-0.25, -0.2) is 0 Å². The molecule has 1 aromatic heterocycles. The molecular weight excluding hydrogens is 320 g/mol. The van der Waals surface area contributed by atoms with Crippen LogP contribution in [0.5, 0.6) is 5.75 Å². The summed E-state index contributed by atoms with van der Waals surface area (Å²) in [5.41, 5.74) is 6.23. The van der Waals surface area contributed by atoms with Crippen molar-refractivity contribution in [1.82, 2.24) is 10.2 Å². The van der Waals surface area contributed by atoms with Crippen LogP contribution in [-0.2, 0) is 4.79 Å². The molecule has 0 aliphatic rings. The van der Waals surface area contributed by atoms with Gasteiger partial charge in [0.15, 0.2) is 4.34 Å². The third-order valence-electron chi connectivity index (χ3n) is 2.77. The SMILES string of the molecule is CCOc1ccccc1NC(=O)C(CC)Sc1nnc(N)s1. The molecule has 0 bridgehead atoms. The number of para-hydroxylation sites is 2. The van der Waals surface area contributed by atoms with Crippen molar-refractivity contribution < 1.29 is 9.53 Å². The highest BCUT2D eigenvalue weighted by Crippen LogP contribution is 2.31. The van der Waals surface area contributed by atoms with Gasteiger partial charge >= 0.3 is 0 Å². The number of amides is 1. The molecule has 1 heterocycles. The highest BCUT2D eigenvalue weighted by molar-refractivity contribution is 8.02. The van der Waals surface area contributed by atoms with E-state index in [-0.39, 0.29) is 11.2 Å². The Hall–Kier alpha value is -1.80. The first-order chi connectivity index (χ1) is 10.6. The van der Waals surface area contributed by atoms with Crippen LogP contribution in [0, 0.1) is 0 Å². The predicted octanol–water partition coefficient (Wildman–Crippen LogP) is 3.03. The summed E-state index contributed by atoms with van der Waals surface area (Å²) < 4.78 is 6.21. The van der Waals surface area contributed by atoms with Crippen molar-refractivity contribution in [2.75, 3.05) is 17.7 Å². The van der Waals surface area contributed by atoms with Gasteiger partial charge in [0.1, 0.15) is 5.75 Å². The average molecular weight is 338 g/mol. The Bertz CT molecular complexity index is 633. The Balaban J connectivity index is 2.06.